The average molecular weight is 405 g/mol. The Hall–Kier alpha value is -1.64. The zero-order valence-corrected chi connectivity index (χ0v) is 16.9. The van der Waals surface area contributed by atoms with Crippen molar-refractivity contribution in [3.8, 4) is 0 Å². The first-order chi connectivity index (χ1) is 12.1. The summed E-state index contributed by atoms with van der Waals surface area (Å²) in [4.78, 5) is 25.8. The quantitative estimate of drug-likeness (QED) is 0.636. The van der Waals surface area contributed by atoms with Crippen LogP contribution in [0.3, 0.4) is 0 Å². The van der Waals surface area contributed by atoms with Crippen molar-refractivity contribution in [2.45, 2.75) is 38.6 Å². The van der Waals surface area contributed by atoms with Gasteiger partial charge in [-0.2, -0.15) is 4.72 Å². The third-order valence-corrected chi connectivity index (χ3v) is 5.49. The van der Waals surface area contributed by atoms with Crippen LogP contribution in [0.25, 0.3) is 0 Å². The van der Waals surface area contributed by atoms with Crippen LogP contribution in [0.2, 0.25) is 5.02 Å². The number of benzene rings is 1. The first kappa shape index (κ1) is 22.4. The van der Waals surface area contributed by atoms with Crippen LogP contribution in [0.15, 0.2) is 29.2 Å². The molecule has 26 heavy (non-hydrogen) atoms. The van der Waals surface area contributed by atoms with Crippen LogP contribution >= 0.6 is 11.6 Å². The van der Waals surface area contributed by atoms with Crippen LogP contribution < -0.4 is 4.72 Å². The minimum Gasteiger partial charge on any atom is -0.454 e. The molecule has 0 aliphatic rings. The Morgan fingerprint density at radius 3 is 2.15 bits per heavy atom. The van der Waals surface area contributed by atoms with Gasteiger partial charge in [-0.1, -0.05) is 25.4 Å². The van der Waals surface area contributed by atoms with Gasteiger partial charge in [0.2, 0.25) is 10.0 Å². The highest BCUT2D eigenvalue weighted by Gasteiger charge is 2.30. The van der Waals surface area contributed by atoms with Crippen molar-refractivity contribution in [3.63, 3.8) is 0 Å². The minimum atomic E-state index is -3.94. The van der Waals surface area contributed by atoms with E-state index in [1.54, 1.807) is 13.8 Å². The van der Waals surface area contributed by atoms with E-state index in [0.717, 1.165) is 0 Å². The van der Waals surface area contributed by atoms with Crippen molar-refractivity contribution in [1.29, 1.82) is 0 Å². The molecule has 1 atom stereocenters. The average Bonchev–Trinajstić information content (AvgIpc) is 2.58. The second-order valence-corrected chi connectivity index (χ2v) is 8.12. The summed E-state index contributed by atoms with van der Waals surface area (Å²) in [6.45, 7) is 7.59. The molecule has 0 aromatic heterocycles. The Morgan fingerprint density at radius 1 is 1.15 bits per heavy atom. The first-order valence-corrected chi connectivity index (χ1v) is 10.2. The number of esters is 1. The summed E-state index contributed by atoms with van der Waals surface area (Å²) in [5, 5.41) is 0.402. The Kier molecular flexibility index (Phi) is 8.52. The molecule has 0 spiro atoms. The van der Waals surface area contributed by atoms with Crippen molar-refractivity contribution in [1.82, 2.24) is 9.62 Å². The van der Waals surface area contributed by atoms with Crippen molar-refractivity contribution >= 4 is 33.5 Å². The van der Waals surface area contributed by atoms with Gasteiger partial charge in [-0.15, -0.1) is 0 Å². The fourth-order valence-corrected chi connectivity index (χ4v) is 3.65. The maximum atomic E-state index is 12.5. The van der Waals surface area contributed by atoms with Gasteiger partial charge in [-0.25, -0.2) is 8.42 Å². The number of sulfonamides is 1. The van der Waals surface area contributed by atoms with Crippen molar-refractivity contribution in [3.05, 3.63) is 29.3 Å². The molecule has 1 rings (SSSR count). The highest BCUT2D eigenvalue weighted by Crippen LogP contribution is 2.16. The normalized spacial score (nSPS) is 12.7. The van der Waals surface area contributed by atoms with Crippen molar-refractivity contribution < 1.29 is 22.7 Å². The molecule has 0 saturated heterocycles. The number of halogens is 1. The van der Waals surface area contributed by atoms with Crippen LogP contribution in [-0.2, 0) is 24.3 Å². The summed E-state index contributed by atoms with van der Waals surface area (Å²) in [6.07, 6.45) is 0. The fraction of sp³-hybridized carbons (Fsp3) is 0.529. The van der Waals surface area contributed by atoms with E-state index in [-0.39, 0.29) is 16.7 Å². The lowest BCUT2D eigenvalue weighted by molar-refractivity contribution is -0.154. The van der Waals surface area contributed by atoms with E-state index in [4.69, 9.17) is 16.3 Å². The fourth-order valence-electron chi connectivity index (χ4n) is 2.20. The van der Waals surface area contributed by atoms with Crippen molar-refractivity contribution in [2.75, 3.05) is 19.7 Å². The summed E-state index contributed by atoms with van der Waals surface area (Å²) in [5.41, 5.74) is 0. The van der Waals surface area contributed by atoms with Crippen LogP contribution in [0.5, 0.6) is 0 Å². The van der Waals surface area contributed by atoms with E-state index in [1.807, 2.05) is 13.8 Å². The summed E-state index contributed by atoms with van der Waals surface area (Å²) in [7, 11) is -3.94. The number of rotatable bonds is 9. The lowest BCUT2D eigenvalue weighted by Crippen LogP contribution is -2.46. The van der Waals surface area contributed by atoms with E-state index in [2.05, 4.69) is 4.72 Å². The molecule has 0 fully saturated rings. The van der Waals surface area contributed by atoms with E-state index in [9.17, 15) is 18.0 Å². The van der Waals surface area contributed by atoms with Gasteiger partial charge in [-0.3, -0.25) is 9.59 Å². The molecular formula is C17H25ClN2O5S. The van der Waals surface area contributed by atoms with E-state index >= 15 is 0 Å². The van der Waals surface area contributed by atoms with E-state index in [1.165, 1.54) is 29.2 Å². The molecule has 0 radical (unpaired) electrons. The van der Waals surface area contributed by atoms with Gasteiger partial charge in [0, 0.05) is 18.1 Å². The first-order valence-electron chi connectivity index (χ1n) is 8.34. The number of amides is 1. The van der Waals surface area contributed by atoms with Gasteiger partial charge in [0.25, 0.3) is 5.91 Å². The zero-order chi connectivity index (χ0) is 19.9. The SMILES string of the molecule is CCN(CC)C(=O)COC(=O)[C@@H](NS(=O)(=O)c1ccc(Cl)cc1)C(C)C. The Bertz CT molecular complexity index is 715. The topological polar surface area (TPSA) is 92.8 Å². The highest BCUT2D eigenvalue weighted by molar-refractivity contribution is 7.89. The number of likely N-dealkylation sites (N-methyl/N-ethyl adjacent to an activating group) is 1. The molecule has 0 saturated carbocycles. The molecule has 0 heterocycles. The second kappa shape index (κ2) is 9.89. The lowest BCUT2D eigenvalue weighted by atomic mass is 10.1. The maximum absolute atomic E-state index is 12.5. The van der Waals surface area contributed by atoms with Crippen LogP contribution in [0.1, 0.15) is 27.7 Å². The number of carbonyl (C=O) groups excluding carboxylic acids is 2. The molecule has 0 bridgehead atoms. The molecule has 7 nitrogen and oxygen atoms in total. The molecule has 1 aromatic rings. The predicted octanol–water partition coefficient (Wildman–Crippen LogP) is 2.05. The Morgan fingerprint density at radius 2 is 1.69 bits per heavy atom. The van der Waals surface area contributed by atoms with Gasteiger partial charge in [-0.05, 0) is 44.0 Å². The van der Waals surface area contributed by atoms with E-state index in [0.29, 0.717) is 18.1 Å². The predicted molar refractivity (Wildman–Crippen MR) is 99.3 cm³/mol. The summed E-state index contributed by atoms with van der Waals surface area (Å²) < 4.78 is 32.3. The molecular weight excluding hydrogens is 380 g/mol. The number of hydrogen-bond donors (Lipinski definition) is 1. The standard InChI is InChI=1S/C17H25ClN2O5S/c1-5-20(6-2)15(21)11-25-17(22)16(12(3)4)19-26(23,24)14-9-7-13(18)8-10-14/h7-10,12,16,19H,5-6,11H2,1-4H3/t16-/m0/s1. The van der Waals surface area contributed by atoms with Gasteiger partial charge in [0.15, 0.2) is 6.61 Å². The summed E-state index contributed by atoms with van der Waals surface area (Å²) >= 11 is 5.76. The minimum absolute atomic E-state index is 0.0143. The number of carbonyl (C=O) groups is 2. The maximum Gasteiger partial charge on any atom is 0.324 e. The van der Waals surface area contributed by atoms with Crippen LogP contribution in [-0.4, -0.2) is 50.9 Å². The van der Waals surface area contributed by atoms with Gasteiger partial charge >= 0.3 is 5.97 Å². The Labute approximate surface area is 159 Å². The Balaban J connectivity index is 2.83. The molecule has 0 aliphatic carbocycles. The summed E-state index contributed by atoms with van der Waals surface area (Å²) in [6, 6.07) is 4.47. The number of nitrogens with one attached hydrogen (secondary N) is 1. The number of nitrogens with zero attached hydrogens (tertiary/aromatic N) is 1. The van der Waals surface area contributed by atoms with Crippen LogP contribution in [0.4, 0.5) is 0 Å². The molecule has 0 aliphatic heterocycles. The molecule has 9 heteroatoms. The van der Waals surface area contributed by atoms with Crippen molar-refractivity contribution in [2.24, 2.45) is 5.92 Å². The monoisotopic (exact) mass is 404 g/mol. The molecule has 1 aromatic carbocycles. The van der Waals surface area contributed by atoms with E-state index < -0.39 is 28.6 Å². The third-order valence-electron chi connectivity index (χ3n) is 3.78. The van der Waals surface area contributed by atoms with Gasteiger partial charge in [0.05, 0.1) is 4.90 Å². The third kappa shape index (κ3) is 6.26. The zero-order valence-electron chi connectivity index (χ0n) is 15.4. The highest BCUT2D eigenvalue weighted by atomic mass is 35.5. The smallest absolute Gasteiger partial charge is 0.324 e. The summed E-state index contributed by atoms with van der Waals surface area (Å²) in [5.74, 6) is -1.49. The lowest BCUT2D eigenvalue weighted by Gasteiger charge is -2.22. The molecule has 1 amide bonds. The van der Waals surface area contributed by atoms with Crippen LogP contribution in [0, 0.1) is 5.92 Å². The molecule has 0 unspecified atom stereocenters. The number of ether oxygens (including phenoxy) is 1. The van der Waals surface area contributed by atoms with Gasteiger partial charge in [0.1, 0.15) is 6.04 Å². The number of hydrogen-bond acceptors (Lipinski definition) is 5. The second-order valence-electron chi connectivity index (χ2n) is 5.97. The molecule has 1 N–H and O–H groups in total. The molecule has 146 valence electrons. The van der Waals surface area contributed by atoms with Gasteiger partial charge < -0.3 is 9.64 Å². The largest absolute Gasteiger partial charge is 0.454 e.